The Kier molecular flexibility index (Phi) is 3.55. The van der Waals surface area contributed by atoms with Gasteiger partial charge in [0.2, 0.25) is 15.9 Å². The second-order valence-electron chi connectivity index (χ2n) is 4.98. The van der Waals surface area contributed by atoms with Crippen molar-refractivity contribution in [3.05, 3.63) is 22.9 Å². The summed E-state index contributed by atoms with van der Waals surface area (Å²) in [5.74, 6) is 0.135. The number of halogens is 1. The molecule has 0 aliphatic carbocycles. The maximum absolute atomic E-state index is 12.6. The van der Waals surface area contributed by atoms with Crippen molar-refractivity contribution in [3.8, 4) is 0 Å². The summed E-state index contributed by atoms with van der Waals surface area (Å²) < 4.78 is 27.2. The molecule has 1 atom stereocenters. The molecule has 0 radical (unpaired) electrons. The second-order valence-corrected chi connectivity index (χ2v) is 7.84. The van der Waals surface area contributed by atoms with Gasteiger partial charge in [0.25, 0.3) is 0 Å². The number of nitrogens with zero attached hydrogens (tertiary/aromatic N) is 3. The molecule has 3 heterocycles. The minimum atomic E-state index is -3.54. The molecule has 0 saturated carbocycles. The van der Waals surface area contributed by atoms with Gasteiger partial charge in [0.05, 0.1) is 0 Å². The third-order valence-corrected chi connectivity index (χ3v) is 6.04. The van der Waals surface area contributed by atoms with Gasteiger partial charge >= 0.3 is 0 Å². The predicted octanol–water partition coefficient (Wildman–Crippen LogP) is 0.839. The molecule has 2 saturated heterocycles. The minimum Gasteiger partial charge on any atom is -0.337 e. The van der Waals surface area contributed by atoms with Gasteiger partial charge in [-0.25, -0.2) is 8.42 Å². The van der Waals surface area contributed by atoms with Gasteiger partial charge in [-0.3, -0.25) is 9.78 Å². The Morgan fingerprint density at radius 1 is 1.30 bits per heavy atom. The lowest BCUT2D eigenvalue weighted by Gasteiger charge is -2.36. The molecule has 108 valence electrons. The van der Waals surface area contributed by atoms with Crippen LogP contribution in [-0.2, 0) is 14.8 Å². The first-order valence-corrected chi connectivity index (χ1v) is 8.62. The van der Waals surface area contributed by atoms with Gasteiger partial charge in [0.1, 0.15) is 4.90 Å². The molecule has 6 nitrogen and oxygen atoms in total. The van der Waals surface area contributed by atoms with Crippen LogP contribution in [0.2, 0.25) is 0 Å². The van der Waals surface area contributed by atoms with Gasteiger partial charge in [-0.05, 0) is 28.4 Å². The summed E-state index contributed by atoms with van der Waals surface area (Å²) in [6, 6.07) is 1.57. The van der Waals surface area contributed by atoms with Crippen LogP contribution in [0.4, 0.5) is 0 Å². The lowest BCUT2D eigenvalue weighted by atomic mass is 10.2. The topological polar surface area (TPSA) is 70.6 Å². The van der Waals surface area contributed by atoms with Crippen molar-refractivity contribution in [1.29, 1.82) is 0 Å². The number of carbonyl (C=O) groups is 1. The molecule has 0 spiro atoms. The molecule has 2 fully saturated rings. The summed E-state index contributed by atoms with van der Waals surface area (Å²) in [4.78, 5) is 17.5. The third kappa shape index (κ3) is 2.36. The van der Waals surface area contributed by atoms with Crippen LogP contribution in [0.15, 0.2) is 27.8 Å². The highest BCUT2D eigenvalue weighted by Gasteiger charge is 2.39. The van der Waals surface area contributed by atoms with Crippen molar-refractivity contribution >= 4 is 31.9 Å². The molecule has 1 unspecified atom stereocenters. The second kappa shape index (κ2) is 5.09. The average molecular weight is 360 g/mol. The van der Waals surface area contributed by atoms with E-state index in [-0.39, 0.29) is 16.8 Å². The predicted molar refractivity (Wildman–Crippen MR) is 75.4 cm³/mol. The first kappa shape index (κ1) is 14.0. The first-order chi connectivity index (χ1) is 9.48. The van der Waals surface area contributed by atoms with E-state index in [0.29, 0.717) is 30.5 Å². The van der Waals surface area contributed by atoms with Crippen LogP contribution in [0, 0.1) is 0 Å². The van der Waals surface area contributed by atoms with Crippen LogP contribution in [0.3, 0.4) is 0 Å². The molecule has 0 aromatic carbocycles. The van der Waals surface area contributed by atoms with E-state index >= 15 is 0 Å². The number of aromatic nitrogens is 1. The Balaban J connectivity index is 1.84. The van der Waals surface area contributed by atoms with E-state index in [2.05, 4.69) is 20.9 Å². The van der Waals surface area contributed by atoms with Crippen molar-refractivity contribution in [3.63, 3.8) is 0 Å². The number of hydrogen-bond donors (Lipinski definition) is 0. The fourth-order valence-electron chi connectivity index (χ4n) is 2.74. The van der Waals surface area contributed by atoms with Crippen LogP contribution in [0.25, 0.3) is 0 Å². The Labute approximate surface area is 126 Å². The molecule has 1 aromatic heterocycles. The SMILES string of the molecule is O=C1CCC2CN(S(=O)(=O)c3cncc(Br)c3)CCN12. The number of pyridine rings is 1. The standard InChI is InChI=1S/C12H14BrN3O3S/c13-9-5-11(7-14-6-9)20(18,19)15-3-4-16-10(8-15)1-2-12(16)17/h5-7,10H,1-4,8H2. The highest BCUT2D eigenvalue weighted by Crippen LogP contribution is 2.27. The largest absolute Gasteiger partial charge is 0.337 e. The van der Waals surface area contributed by atoms with E-state index in [1.165, 1.54) is 10.5 Å². The zero-order valence-electron chi connectivity index (χ0n) is 10.7. The Bertz CT molecular complexity index is 649. The summed E-state index contributed by atoms with van der Waals surface area (Å²) in [6.07, 6.45) is 4.16. The van der Waals surface area contributed by atoms with Crippen LogP contribution < -0.4 is 0 Å². The van der Waals surface area contributed by atoms with Gasteiger partial charge in [0, 0.05) is 49.0 Å². The van der Waals surface area contributed by atoms with Crippen molar-refractivity contribution in [2.75, 3.05) is 19.6 Å². The number of amides is 1. The van der Waals surface area contributed by atoms with Gasteiger partial charge in [-0.15, -0.1) is 0 Å². The quantitative estimate of drug-likeness (QED) is 0.784. The van der Waals surface area contributed by atoms with E-state index in [1.807, 2.05) is 0 Å². The average Bonchev–Trinajstić information content (AvgIpc) is 2.80. The van der Waals surface area contributed by atoms with Crippen LogP contribution in [0.1, 0.15) is 12.8 Å². The number of sulfonamides is 1. The number of fused-ring (bicyclic) bond motifs is 1. The summed E-state index contributed by atoms with van der Waals surface area (Å²) >= 11 is 3.23. The van der Waals surface area contributed by atoms with Gasteiger partial charge in [-0.1, -0.05) is 0 Å². The number of hydrogen-bond acceptors (Lipinski definition) is 4. The van der Waals surface area contributed by atoms with Crippen LogP contribution >= 0.6 is 15.9 Å². The van der Waals surface area contributed by atoms with Crippen LogP contribution in [0.5, 0.6) is 0 Å². The molecule has 1 aromatic rings. The normalized spacial score (nSPS) is 23.9. The summed E-state index contributed by atoms with van der Waals surface area (Å²) in [5, 5.41) is 0. The molecular formula is C12H14BrN3O3S. The zero-order chi connectivity index (χ0) is 14.3. The number of piperazine rings is 1. The van der Waals surface area contributed by atoms with E-state index in [0.717, 1.165) is 6.42 Å². The first-order valence-electron chi connectivity index (χ1n) is 6.38. The van der Waals surface area contributed by atoms with Crippen molar-refractivity contribution < 1.29 is 13.2 Å². The summed E-state index contributed by atoms with van der Waals surface area (Å²) in [6.45, 7) is 1.20. The highest BCUT2D eigenvalue weighted by molar-refractivity contribution is 9.10. The lowest BCUT2D eigenvalue weighted by Crippen LogP contribution is -2.53. The van der Waals surface area contributed by atoms with Gasteiger partial charge in [0.15, 0.2) is 0 Å². The zero-order valence-corrected chi connectivity index (χ0v) is 13.1. The number of carbonyl (C=O) groups excluding carboxylic acids is 1. The monoisotopic (exact) mass is 359 g/mol. The molecule has 1 amide bonds. The van der Waals surface area contributed by atoms with Crippen molar-refractivity contribution in [2.45, 2.75) is 23.8 Å². The maximum atomic E-state index is 12.6. The van der Waals surface area contributed by atoms with Gasteiger partial charge < -0.3 is 4.90 Å². The lowest BCUT2D eigenvalue weighted by molar-refractivity contribution is -0.130. The molecule has 0 N–H and O–H groups in total. The van der Waals surface area contributed by atoms with Crippen LogP contribution in [-0.4, -0.2) is 54.2 Å². The summed E-state index contributed by atoms with van der Waals surface area (Å²) in [5.41, 5.74) is 0. The third-order valence-electron chi connectivity index (χ3n) is 3.77. The Hall–Kier alpha value is -0.990. The van der Waals surface area contributed by atoms with Gasteiger partial charge in [-0.2, -0.15) is 4.31 Å². The summed E-state index contributed by atoms with van der Waals surface area (Å²) in [7, 11) is -3.54. The van der Waals surface area contributed by atoms with E-state index in [9.17, 15) is 13.2 Å². The molecule has 2 aliphatic heterocycles. The highest BCUT2D eigenvalue weighted by atomic mass is 79.9. The van der Waals surface area contributed by atoms with Crippen molar-refractivity contribution in [1.82, 2.24) is 14.2 Å². The smallest absolute Gasteiger partial charge is 0.244 e. The van der Waals surface area contributed by atoms with E-state index in [4.69, 9.17) is 0 Å². The number of rotatable bonds is 2. The molecular weight excluding hydrogens is 346 g/mol. The van der Waals surface area contributed by atoms with E-state index < -0.39 is 10.0 Å². The molecule has 8 heteroatoms. The Morgan fingerprint density at radius 2 is 2.10 bits per heavy atom. The fraction of sp³-hybridized carbons (Fsp3) is 0.500. The van der Waals surface area contributed by atoms with E-state index in [1.54, 1.807) is 17.2 Å². The maximum Gasteiger partial charge on any atom is 0.244 e. The van der Waals surface area contributed by atoms with Crippen molar-refractivity contribution in [2.24, 2.45) is 0 Å². The molecule has 2 aliphatic rings. The minimum absolute atomic E-state index is 0.0196. The molecule has 0 bridgehead atoms. The molecule has 20 heavy (non-hydrogen) atoms. The molecule has 3 rings (SSSR count). The Morgan fingerprint density at radius 3 is 2.85 bits per heavy atom. The fourth-order valence-corrected chi connectivity index (χ4v) is 4.71.